The monoisotopic (exact) mass is 416 g/mol. The highest BCUT2D eigenvalue weighted by molar-refractivity contribution is 5.97. The van der Waals surface area contributed by atoms with Crippen molar-refractivity contribution in [1.29, 1.82) is 0 Å². The molecule has 1 aliphatic rings. The zero-order chi connectivity index (χ0) is 21.4. The van der Waals surface area contributed by atoms with Crippen LogP contribution in [-0.2, 0) is 9.53 Å². The Hall–Kier alpha value is -1.88. The third-order valence-corrected chi connectivity index (χ3v) is 5.70. The number of ether oxygens (including phenoxy) is 1. The van der Waals surface area contributed by atoms with Crippen LogP contribution >= 0.6 is 0 Å². The Kier molecular flexibility index (Phi) is 12.2. The number of nitrogens with one attached hydrogen (secondary N) is 1. The van der Waals surface area contributed by atoms with Crippen LogP contribution in [0, 0.1) is 0 Å². The maximum atomic E-state index is 12.6. The fraction of sp³-hybridized carbons (Fsp3) is 0.680. The molecule has 5 nitrogen and oxygen atoms in total. The van der Waals surface area contributed by atoms with Crippen molar-refractivity contribution in [3.05, 3.63) is 29.8 Å². The van der Waals surface area contributed by atoms with Gasteiger partial charge in [0, 0.05) is 30.8 Å². The fourth-order valence-corrected chi connectivity index (χ4v) is 3.85. The first-order valence-electron chi connectivity index (χ1n) is 12.0. The second kappa shape index (κ2) is 15.0. The van der Waals surface area contributed by atoms with Gasteiger partial charge in [-0.3, -0.25) is 9.59 Å². The van der Waals surface area contributed by atoms with E-state index in [-0.39, 0.29) is 11.8 Å². The van der Waals surface area contributed by atoms with Crippen LogP contribution < -0.4 is 5.32 Å². The molecule has 2 rings (SSSR count). The van der Waals surface area contributed by atoms with E-state index in [0.717, 1.165) is 12.8 Å². The van der Waals surface area contributed by atoms with Gasteiger partial charge in [0.25, 0.3) is 5.91 Å². The summed E-state index contributed by atoms with van der Waals surface area (Å²) in [5.74, 6) is 0.0293. The summed E-state index contributed by atoms with van der Waals surface area (Å²) < 4.78 is 5.30. The van der Waals surface area contributed by atoms with Crippen molar-refractivity contribution in [2.75, 3.05) is 31.6 Å². The minimum Gasteiger partial charge on any atom is -0.378 e. The summed E-state index contributed by atoms with van der Waals surface area (Å²) >= 11 is 0. The van der Waals surface area contributed by atoms with Crippen molar-refractivity contribution in [2.24, 2.45) is 0 Å². The summed E-state index contributed by atoms with van der Waals surface area (Å²) in [6.45, 7) is 4.66. The van der Waals surface area contributed by atoms with Gasteiger partial charge >= 0.3 is 0 Å². The molecule has 0 spiro atoms. The van der Waals surface area contributed by atoms with Gasteiger partial charge in [-0.15, -0.1) is 0 Å². The van der Waals surface area contributed by atoms with Gasteiger partial charge < -0.3 is 15.0 Å². The molecule has 1 heterocycles. The number of morpholine rings is 1. The van der Waals surface area contributed by atoms with Crippen molar-refractivity contribution in [2.45, 2.75) is 84.0 Å². The number of rotatable bonds is 14. The number of amides is 2. The van der Waals surface area contributed by atoms with Crippen LogP contribution in [-0.4, -0.2) is 43.0 Å². The van der Waals surface area contributed by atoms with Crippen LogP contribution in [0.4, 0.5) is 5.69 Å². The lowest BCUT2D eigenvalue weighted by molar-refractivity contribution is -0.116. The Labute approximate surface area is 182 Å². The molecule has 0 atom stereocenters. The summed E-state index contributed by atoms with van der Waals surface area (Å²) in [5, 5.41) is 2.94. The quantitative estimate of drug-likeness (QED) is 0.390. The number of benzene rings is 1. The number of carbonyl (C=O) groups is 2. The second-order valence-corrected chi connectivity index (χ2v) is 8.32. The van der Waals surface area contributed by atoms with Crippen molar-refractivity contribution in [3.8, 4) is 0 Å². The van der Waals surface area contributed by atoms with Crippen molar-refractivity contribution in [3.63, 3.8) is 0 Å². The molecule has 1 aromatic carbocycles. The van der Waals surface area contributed by atoms with Crippen molar-refractivity contribution < 1.29 is 14.3 Å². The van der Waals surface area contributed by atoms with Gasteiger partial charge in [-0.05, 0) is 24.6 Å². The molecule has 1 saturated heterocycles. The fourth-order valence-electron chi connectivity index (χ4n) is 3.85. The lowest BCUT2D eigenvalue weighted by Gasteiger charge is -2.27. The molecule has 1 N–H and O–H groups in total. The summed E-state index contributed by atoms with van der Waals surface area (Å²) in [4.78, 5) is 26.6. The highest BCUT2D eigenvalue weighted by Crippen LogP contribution is 2.15. The van der Waals surface area contributed by atoms with E-state index in [1.165, 1.54) is 57.8 Å². The molecular formula is C25H40N2O3. The van der Waals surface area contributed by atoms with E-state index in [2.05, 4.69) is 12.2 Å². The molecule has 1 aliphatic heterocycles. The molecule has 0 aliphatic carbocycles. The largest absolute Gasteiger partial charge is 0.378 e. The van der Waals surface area contributed by atoms with E-state index in [4.69, 9.17) is 4.74 Å². The van der Waals surface area contributed by atoms with E-state index < -0.39 is 0 Å². The molecule has 30 heavy (non-hydrogen) atoms. The van der Waals surface area contributed by atoms with E-state index in [1.807, 2.05) is 12.1 Å². The predicted octanol–water partition coefficient (Wildman–Crippen LogP) is 5.80. The molecular weight excluding hydrogens is 376 g/mol. The van der Waals surface area contributed by atoms with Crippen molar-refractivity contribution >= 4 is 17.5 Å². The lowest BCUT2D eigenvalue weighted by atomic mass is 10.1. The first-order chi connectivity index (χ1) is 14.7. The van der Waals surface area contributed by atoms with Gasteiger partial charge in [-0.1, -0.05) is 77.2 Å². The second-order valence-electron chi connectivity index (χ2n) is 8.32. The molecule has 0 radical (unpaired) electrons. The third-order valence-electron chi connectivity index (χ3n) is 5.70. The standard InChI is InChI=1S/C25H40N2O3/c1-2-3-4-5-6-7-8-9-10-11-12-16-24(28)26-23-15-13-14-22(21-23)25(29)27-17-19-30-20-18-27/h13-15,21H,2-12,16-20H2,1H3,(H,26,28). The molecule has 5 heteroatoms. The van der Waals surface area contributed by atoms with Gasteiger partial charge in [0.15, 0.2) is 0 Å². The van der Waals surface area contributed by atoms with E-state index in [0.29, 0.717) is 44.0 Å². The molecule has 1 fully saturated rings. The van der Waals surface area contributed by atoms with Gasteiger partial charge in [0.1, 0.15) is 0 Å². The summed E-state index contributed by atoms with van der Waals surface area (Å²) in [6, 6.07) is 7.24. The van der Waals surface area contributed by atoms with Crippen LogP contribution in [0.25, 0.3) is 0 Å². The summed E-state index contributed by atoms with van der Waals surface area (Å²) in [6.07, 6.45) is 14.6. The Balaban J connectivity index is 1.57. The number of anilines is 1. The van der Waals surface area contributed by atoms with E-state index in [9.17, 15) is 9.59 Å². The van der Waals surface area contributed by atoms with Crippen LogP contribution in [0.1, 0.15) is 94.3 Å². The highest BCUT2D eigenvalue weighted by Gasteiger charge is 2.18. The Morgan fingerprint density at radius 3 is 2.13 bits per heavy atom. The zero-order valence-electron chi connectivity index (χ0n) is 18.8. The molecule has 0 unspecified atom stereocenters. The van der Waals surface area contributed by atoms with Crippen LogP contribution in [0.2, 0.25) is 0 Å². The lowest BCUT2D eigenvalue weighted by Crippen LogP contribution is -2.40. The highest BCUT2D eigenvalue weighted by atomic mass is 16.5. The molecule has 0 bridgehead atoms. The van der Waals surface area contributed by atoms with Gasteiger partial charge in [-0.2, -0.15) is 0 Å². The molecule has 0 aromatic heterocycles. The van der Waals surface area contributed by atoms with Gasteiger partial charge in [-0.25, -0.2) is 0 Å². The van der Waals surface area contributed by atoms with Gasteiger partial charge in [0.2, 0.25) is 5.91 Å². The van der Waals surface area contributed by atoms with Gasteiger partial charge in [0.05, 0.1) is 13.2 Å². The minimum absolute atomic E-state index is 0.000220. The number of unbranched alkanes of at least 4 members (excludes halogenated alkanes) is 10. The maximum Gasteiger partial charge on any atom is 0.254 e. The van der Waals surface area contributed by atoms with Crippen molar-refractivity contribution in [1.82, 2.24) is 4.90 Å². The average Bonchev–Trinajstić information content (AvgIpc) is 2.77. The summed E-state index contributed by atoms with van der Waals surface area (Å²) in [7, 11) is 0. The number of nitrogens with zero attached hydrogens (tertiary/aromatic N) is 1. The number of hydrogen-bond acceptors (Lipinski definition) is 3. The topological polar surface area (TPSA) is 58.6 Å². The van der Waals surface area contributed by atoms with E-state index in [1.54, 1.807) is 17.0 Å². The SMILES string of the molecule is CCCCCCCCCCCCCC(=O)Nc1cccc(C(=O)N2CCOCC2)c1. The Morgan fingerprint density at radius 1 is 0.900 bits per heavy atom. The maximum absolute atomic E-state index is 12.6. The minimum atomic E-state index is -0.000220. The molecule has 1 aromatic rings. The molecule has 168 valence electrons. The van der Waals surface area contributed by atoms with E-state index >= 15 is 0 Å². The normalized spacial score (nSPS) is 14.0. The third kappa shape index (κ3) is 9.75. The predicted molar refractivity (Wildman–Crippen MR) is 123 cm³/mol. The Bertz CT molecular complexity index is 627. The van der Waals surface area contributed by atoms with Crippen LogP contribution in [0.15, 0.2) is 24.3 Å². The molecule has 2 amide bonds. The smallest absolute Gasteiger partial charge is 0.254 e. The first kappa shape index (κ1) is 24.4. The first-order valence-corrected chi connectivity index (χ1v) is 12.0. The average molecular weight is 417 g/mol. The number of carbonyl (C=O) groups excluding carboxylic acids is 2. The molecule has 0 saturated carbocycles. The van der Waals surface area contributed by atoms with Crippen LogP contribution in [0.5, 0.6) is 0 Å². The number of hydrogen-bond donors (Lipinski definition) is 1. The van der Waals surface area contributed by atoms with Crippen LogP contribution in [0.3, 0.4) is 0 Å². The summed E-state index contributed by atoms with van der Waals surface area (Å²) in [5.41, 5.74) is 1.31. The Morgan fingerprint density at radius 2 is 1.50 bits per heavy atom. The zero-order valence-corrected chi connectivity index (χ0v) is 18.8.